The van der Waals surface area contributed by atoms with Crippen LogP contribution in [0, 0.1) is 11.3 Å². The highest BCUT2D eigenvalue weighted by Crippen LogP contribution is 2.23. The largest absolute Gasteiger partial charge is 0.378 e. The van der Waals surface area contributed by atoms with E-state index >= 15 is 0 Å². The molecule has 0 atom stereocenters. The van der Waals surface area contributed by atoms with Crippen LogP contribution < -0.4 is 5.32 Å². The van der Waals surface area contributed by atoms with Gasteiger partial charge in [-0.2, -0.15) is 10.4 Å². The van der Waals surface area contributed by atoms with Gasteiger partial charge in [-0.1, -0.05) is 18.5 Å². The summed E-state index contributed by atoms with van der Waals surface area (Å²) in [5.74, 6) is 0. The van der Waals surface area contributed by atoms with Gasteiger partial charge in [0, 0.05) is 12.7 Å². The average Bonchev–Trinajstić information content (AvgIpc) is 2.86. The van der Waals surface area contributed by atoms with E-state index in [0.29, 0.717) is 17.1 Å². The number of nitriles is 1. The summed E-state index contributed by atoms with van der Waals surface area (Å²) < 4.78 is 1.97. The molecule has 0 saturated carbocycles. The standard InChI is InChI=1S/C14H15ClN4/c1-2-7-19-12(5-6-18-19)10-17-14-8-11(9-16)3-4-13(14)15/h3-6,8,17H,2,7,10H2,1H3. The topological polar surface area (TPSA) is 53.6 Å². The van der Waals surface area contributed by atoms with Crippen LogP contribution in [-0.4, -0.2) is 9.78 Å². The van der Waals surface area contributed by atoms with Gasteiger partial charge < -0.3 is 5.32 Å². The molecule has 0 bridgehead atoms. The Morgan fingerprint density at radius 2 is 2.26 bits per heavy atom. The summed E-state index contributed by atoms with van der Waals surface area (Å²) in [5.41, 5.74) is 2.46. The maximum Gasteiger partial charge on any atom is 0.0992 e. The Labute approximate surface area is 117 Å². The summed E-state index contributed by atoms with van der Waals surface area (Å²) in [5, 5.41) is 17.0. The van der Waals surface area contributed by atoms with Gasteiger partial charge in [-0.15, -0.1) is 0 Å². The number of benzene rings is 1. The molecule has 0 spiro atoms. The molecule has 1 heterocycles. The molecule has 0 aliphatic carbocycles. The van der Waals surface area contributed by atoms with E-state index in [9.17, 15) is 0 Å². The molecular weight excluding hydrogens is 260 g/mol. The van der Waals surface area contributed by atoms with Gasteiger partial charge in [0.1, 0.15) is 0 Å². The SMILES string of the molecule is CCCn1nccc1CNc1cc(C#N)ccc1Cl. The number of anilines is 1. The number of hydrogen-bond donors (Lipinski definition) is 1. The van der Waals surface area contributed by atoms with Crippen LogP contribution in [0.15, 0.2) is 30.5 Å². The van der Waals surface area contributed by atoms with Crippen molar-refractivity contribution in [2.45, 2.75) is 26.4 Å². The lowest BCUT2D eigenvalue weighted by atomic mass is 10.2. The first-order valence-electron chi connectivity index (χ1n) is 6.18. The second-order valence-corrected chi connectivity index (χ2v) is 4.61. The molecule has 1 N–H and O–H groups in total. The van der Waals surface area contributed by atoms with Crippen molar-refractivity contribution in [1.82, 2.24) is 9.78 Å². The van der Waals surface area contributed by atoms with Gasteiger partial charge in [-0.25, -0.2) is 0 Å². The van der Waals surface area contributed by atoms with Crippen molar-refractivity contribution in [3.05, 3.63) is 46.7 Å². The van der Waals surface area contributed by atoms with Crippen molar-refractivity contribution in [2.24, 2.45) is 0 Å². The summed E-state index contributed by atoms with van der Waals surface area (Å²) in [6, 6.07) is 9.26. The van der Waals surface area contributed by atoms with Crippen molar-refractivity contribution in [1.29, 1.82) is 5.26 Å². The Balaban J connectivity index is 2.10. The minimum absolute atomic E-state index is 0.592. The molecule has 0 aliphatic heterocycles. The zero-order chi connectivity index (χ0) is 13.7. The first kappa shape index (κ1) is 13.4. The van der Waals surface area contributed by atoms with Crippen LogP contribution in [0.25, 0.3) is 0 Å². The number of halogens is 1. The predicted molar refractivity (Wildman–Crippen MR) is 76.0 cm³/mol. The van der Waals surface area contributed by atoms with E-state index in [1.165, 1.54) is 0 Å². The fourth-order valence-electron chi connectivity index (χ4n) is 1.84. The van der Waals surface area contributed by atoms with Crippen molar-refractivity contribution in [2.75, 3.05) is 5.32 Å². The fraction of sp³-hybridized carbons (Fsp3) is 0.286. The molecule has 2 aromatic rings. The molecule has 0 aliphatic rings. The van der Waals surface area contributed by atoms with Gasteiger partial charge in [-0.05, 0) is 30.7 Å². The summed E-state index contributed by atoms with van der Waals surface area (Å²) in [6.07, 6.45) is 2.83. The molecular formula is C14H15ClN4. The molecule has 19 heavy (non-hydrogen) atoms. The number of rotatable bonds is 5. The number of nitrogens with zero attached hydrogens (tertiary/aromatic N) is 3. The lowest BCUT2D eigenvalue weighted by Crippen LogP contribution is -2.09. The molecule has 0 saturated heterocycles. The van der Waals surface area contributed by atoms with Crippen LogP contribution >= 0.6 is 11.6 Å². The average molecular weight is 275 g/mol. The Hall–Kier alpha value is -1.99. The van der Waals surface area contributed by atoms with Gasteiger partial charge in [0.15, 0.2) is 0 Å². The van der Waals surface area contributed by atoms with Crippen molar-refractivity contribution >= 4 is 17.3 Å². The predicted octanol–water partition coefficient (Wildman–Crippen LogP) is 3.43. The van der Waals surface area contributed by atoms with Gasteiger partial charge >= 0.3 is 0 Å². The monoisotopic (exact) mass is 274 g/mol. The quantitative estimate of drug-likeness (QED) is 0.909. The highest BCUT2D eigenvalue weighted by Gasteiger charge is 2.05. The first-order valence-corrected chi connectivity index (χ1v) is 6.56. The van der Waals surface area contributed by atoms with Crippen molar-refractivity contribution in [3.63, 3.8) is 0 Å². The van der Waals surface area contributed by atoms with Crippen molar-refractivity contribution in [3.8, 4) is 6.07 Å². The molecule has 0 unspecified atom stereocenters. The number of nitrogens with one attached hydrogen (secondary N) is 1. The fourth-order valence-corrected chi connectivity index (χ4v) is 2.02. The van der Waals surface area contributed by atoms with Gasteiger partial charge in [0.2, 0.25) is 0 Å². The smallest absolute Gasteiger partial charge is 0.0992 e. The Morgan fingerprint density at radius 1 is 1.42 bits per heavy atom. The van der Waals surface area contributed by atoms with Crippen LogP contribution in [0.1, 0.15) is 24.6 Å². The minimum Gasteiger partial charge on any atom is -0.378 e. The van der Waals surface area contributed by atoms with E-state index in [-0.39, 0.29) is 0 Å². The Kier molecular flexibility index (Phi) is 4.43. The summed E-state index contributed by atoms with van der Waals surface area (Å²) in [4.78, 5) is 0. The zero-order valence-corrected chi connectivity index (χ0v) is 11.5. The second-order valence-electron chi connectivity index (χ2n) is 4.21. The van der Waals surface area contributed by atoms with E-state index in [1.54, 1.807) is 24.4 Å². The molecule has 0 radical (unpaired) electrons. The lowest BCUT2D eigenvalue weighted by molar-refractivity contribution is 0.578. The molecule has 2 rings (SSSR count). The minimum atomic E-state index is 0.592. The van der Waals surface area contributed by atoms with E-state index < -0.39 is 0 Å². The van der Waals surface area contributed by atoms with E-state index in [1.807, 2.05) is 10.7 Å². The van der Waals surface area contributed by atoms with Gasteiger partial charge in [-0.3, -0.25) is 4.68 Å². The summed E-state index contributed by atoms with van der Waals surface area (Å²) in [6.45, 7) is 3.65. The van der Waals surface area contributed by atoms with Crippen LogP contribution in [0.5, 0.6) is 0 Å². The molecule has 4 nitrogen and oxygen atoms in total. The molecule has 0 amide bonds. The zero-order valence-electron chi connectivity index (χ0n) is 10.7. The van der Waals surface area contributed by atoms with E-state index in [4.69, 9.17) is 16.9 Å². The number of aryl methyl sites for hydroxylation is 1. The third kappa shape index (κ3) is 3.27. The van der Waals surface area contributed by atoms with Gasteiger partial charge in [0.25, 0.3) is 0 Å². The second kappa shape index (κ2) is 6.26. The Morgan fingerprint density at radius 3 is 3.00 bits per heavy atom. The summed E-state index contributed by atoms with van der Waals surface area (Å²) in [7, 11) is 0. The van der Waals surface area contributed by atoms with Gasteiger partial charge in [0.05, 0.1) is 34.6 Å². The van der Waals surface area contributed by atoms with Crippen LogP contribution in [0.4, 0.5) is 5.69 Å². The lowest BCUT2D eigenvalue weighted by Gasteiger charge is -2.10. The number of hydrogen-bond acceptors (Lipinski definition) is 3. The summed E-state index contributed by atoms with van der Waals surface area (Å²) >= 11 is 6.10. The normalized spacial score (nSPS) is 10.2. The van der Waals surface area contributed by atoms with E-state index in [2.05, 4.69) is 23.4 Å². The molecule has 5 heteroatoms. The Bertz CT molecular complexity index is 598. The maximum atomic E-state index is 8.88. The van der Waals surface area contributed by atoms with Crippen LogP contribution in [0.3, 0.4) is 0 Å². The van der Waals surface area contributed by atoms with Crippen molar-refractivity contribution < 1.29 is 0 Å². The molecule has 0 fully saturated rings. The molecule has 1 aromatic carbocycles. The third-order valence-electron chi connectivity index (χ3n) is 2.80. The maximum absolute atomic E-state index is 8.88. The van der Waals surface area contributed by atoms with Crippen LogP contribution in [0.2, 0.25) is 5.02 Å². The van der Waals surface area contributed by atoms with E-state index in [0.717, 1.165) is 24.3 Å². The van der Waals surface area contributed by atoms with Crippen LogP contribution in [-0.2, 0) is 13.1 Å². The third-order valence-corrected chi connectivity index (χ3v) is 3.12. The highest BCUT2D eigenvalue weighted by molar-refractivity contribution is 6.33. The first-order chi connectivity index (χ1) is 9.24. The highest BCUT2D eigenvalue weighted by atomic mass is 35.5. The number of aromatic nitrogens is 2. The molecule has 98 valence electrons. The molecule has 1 aromatic heterocycles.